The van der Waals surface area contributed by atoms with Crippen LogP contribution < -0.4 is 10.0 Å². The lowest BCUT2D eigenvalue weighted by molar-refractivity contribution is 0.0901. The van der Waals surface area contributed by atoms with E-state index in [4.69, 9.17) is 6.42 Å². The van der Waals surface area contributed by atoms with Crippen molar-refractivity contribution in [1.29, 1.82) is 0 Å². The van der Waals surface area contributed by atoms with Crippen LogP contribution >= 0.6 is 0 Å². The number of nitrogens with one attached hydrogen (secondary N) is 2. The van der Waals surface area contributed by atoms with E-state index in [0.717, 1.165) is 31.8 Å². The highest BCUT2D eigenvalue weighted by molar-refractivity contribution is 7.89. The molecule has 1 saturated heterocycles. The standard InChI is InChI=1S/C22H31N3O3S/c1-2-14-23-29(27,28)21-10-8-19(9-11-21)22(26)24-20-12-15-25(16-13-20)17-18-6-4-3-5-7-18/h1,8-11,18,20,23H,3-7,12-17H2,(H,24,26). The van der Waals surface area contributed by atoms with Gasteiger partial charge in [0.2, 0.25) is 10.0 Å². The third-order valence-electron chi connectivity index (χ3n) is 5.95. The minimum atomic E-state index is -3.64. The summed E-state index contributed by atoms with van der Waals surface area (Å²) >= 11 is 0. The van der Waals surface area contributed by atoms with Gasteiger partial charge in [0.05, 0.1) is 11.4 Å². The number of benzene rings is 1. The number of nitrogens with zero attached hydrogens (tertiary/aromatic N) is 1. The van der Waals surface area contributed by atoms with Crippen molar-refractivity contribution in [3.8, 4) is 12.3 Å². The number of piperidine rings is 1. The lowest BCUT2D eigenvalue weighted by Gasteiger charge is -2.35. The summed E-state index contributed by atoms with van der Waals surface area (Å²) in [7, 11) is -3.64. The number of sulfonamides is 1. The SMILES string of the molecule is C#CCNS(=O)(=O)c1ccc(C(=O)NC2CCN(CC3CCCCC3)CC2)cc1. The molecule has 0 aromatic heterocycles. The molecular formula is C22H31N3O3S. The lowest BCUT2D eigenvalue weighted by Crippen LogP contribution is -2.45. The Morgan fingerprint density at radius 3 is 2.34 bits per heavy atom. The van der Waals surface area contributed by atoms with Crippen LogP contribution in [0.2, 0.25) is 0 Å². The molecule has 2 N–H and O–H groups in total. The van der Waals surface area contributed by atoms with E-state index in [1.165, 1.54) is 62.9 Å². The first-order chi connectivity index (χ1) is 14.0. The molecule has 1 aromatic carbocycles. The fraction of sp³-hybridized carbons (Fsp3) is 0.591. The molecule has 0 bridgehead atoms. The minimum absolute atomic E-state index is 0.0655. The predicted molar refractivity (Wildman–Crippen MR) is 114 cm³/mol. The zero-order valence-electron chi connectivity index (χ0n) is 16.9. The van der Waals surface area contributed by atoms with Gasteiger partial charge in [0.1, 0.15) is 0 Å². The number of amides is 1. The molecular weight excluding hydrogens is 386 g/mol. The van der Waals surface area contributed by atoms with Gasteiger partial charge in [0.15, 0.2) is 0 Å². The van der Waals surface area contributed by atoms with Gasteiger partial charge in [0, 0.05) is 31.2 Å². The van der Waals surface area contributed by atoms with Crippen LogP contribution in [-0.4, -0.2) is 51.4 Å². The first-order valence-electron chi connectivity index (χ1n) is 10.5. The number of hydrogen-bond acceptors (Lipinski definition) is 4. The highest BCUT2D eigenvalue weighted by atomic mass is 32.2. The van der Waals surface area contributed by atoms with Crippen molar-refractivity contribution < 1.29 is 13.2 Å². The highest BCUT2D eigenvalue weighted by Gasteiger charge is 2.24. The molecule has 2 aliphatic rings. The highest BCUT2D eigenvalue weighted by Crippen LogP contribution is 2.25. The van der Waals surface area contributed by atoms with Crippen molar-refractivity contribution in [2.75, 3.05) is 26.2 Å². The van der Waals surface area contributed by atoms with Crippen molar-refractivity contribution in [1.82, 2.24) is 14.9 Å². The van der Waals surface area contributed by atoms with Gasteiger partial charge in [-0.25, -0.2) is 8.42 Å². The molecule has 1 aromatic rings. The van der Waals surface area contributed by atoms with Crippen LogP contribution in [0.3, 0.4) is 0 Å². The second-order valence-electron chi connectivity index (χ2n) is 8.11. The molecule has 6 nitrogen and oxygen atoms in total. The summed E-state index contributed by atoms with van der Waals surface area (Å²) in [6.45, 7) is 3.19. The molecule has 0 atom stereocenters. The Kier molecular flexibility index (Phi) is 7.70. The van der Waals surface area contributed by atoms with Crippen molar-refractivity contribution in [3.63, 3.8) is 0 Å². The largest absolute Gasteiger partial charge is 0.349 e. The topological polar surface area (TPSA) is 78.5 Å². The number of terminal acetylenes is 1. The average molecular weight is 418 g/mol. The number of hydrogen-bond donors (Lipinski definition) is 2. The van der Waals surface area contributed by atoms with Crippen LogP contribution in [0, 0.1) is 18.3 Å². The predicted octanol–water partition coefficient (Wildman–Crippen LogP) is 2.37. The second kappa shape index (κ2) is 10.2. The maximum atomic E-state index is 12.5. The van der Waals surface area contributed by atoms with Crippen molar-refractivity contribution in [2.24, 2.45) is 5.92 Å². The number of rotatable bonds is 7. The fourth-order valence-corrected chi connectivity index (χ4v) is 5.20. The van der Waals surface area contributed by atoms with Crippen molar-refractivity contribution in [2.45, 2.75) is 55.9 Å². The molecule has 0 radical (unpaired) electrons. The molecule has 29 heavy (non-hydrogen) atoms. The zero-order valence-corrected chi connectivity index (χ0v) is 17.7. The lowest BCUT2D eigenvalue weighted by atomic mass is 9.88. The minimum Gasteiger partial charge on any atom is -0.349 e. The summed E-state index contributed by atoms with van der Waals surface area (Å²) in [5, 5.41) is 3.09. The van der Waals surface area contributed by atoms with Gasteiger partial charge in [-0.2, -0.15) is 4.72 Å². The molecule has 0 unspecified atom stereocenters. The van der Waals surface area contributed by atoms with Crippen LogP contribution in [0.25, 0.3) is 0 Å². The second-order valence-corrected chi connectivity index (χ2v) is 9.87. The van der Waals surface area contributed by atoms with E-state index in [2.05, 4.69) is 20.9 Å². The molecule has 1 saturated carbocycles. The fourth-order valence-electron chi connectivity index (χ4n) is 4.27. The summed E-state index contributed by atoms with van der Waals surface area (Å²) in [6.07, 6.45) is 13.9. The third-order valence-corrected chi connectivity index (χ3v) is 7.37. The Morgan fingerprint density at radius 1 is 1.07 bits per heavy atom. The summed E-state index contributed by atoms with van der Waals surface area (Å²) in [5.41, 5.74) is 0.463. The summed E-state index contributed by atoms with van der Waals surface area (Å²) in [6, 6.07) is 6.11. The van der Waals surface area contributed by atoms with E-state index in [9.17, 15) is 13.2 Å². The van der Waals surface area contributed by atoms with Gasteiger partial charge in [0.25, 0.3) is 5.91 Å². The Balaban J connectivity index is 1.46. The smallest absolute Gasteiger partial charge is 0.251 e. The maximum absolute atomic E-state index is 12.5. The summed E-state index contributed by atoms with van der Waals surface area (Å²) < 4.78 is 26.4. The Morgan fingerprint density at radius 2 is 1.72 bits per heavy atom. The van der Waals surface area contributed by atoms with Gasteiger partial charge < -0.3 is 10.2 Å². The number of carbonyl (C=O) groups excluding carboxylic acids is 1. The first kappa shape index (κ1) is 21.8. The zero-order chi connectivity index (χ0) is 20.7. The first-order valence-corrected chi connectivity index (χ1v) is 12.0. The van der Waals surface area contributed by atoms with E-state index in [1.807, 2.05) is 0 Å². The third kappa shape index (κ3) is 6.30. The number of likely N-dealkylation sites (tertiary alicyclic amines) is 1. The molecule has 7 heteroatoms. The van der Waals surface area contributed by atoms with Gasteiger partial charge in [-0.1, -0.05) is 25.2 Å². The van der Waals surface area contributed by atoms with Crippen molar-refractivity contribution in [3.05, 3.63) is 29.8 Å². The molecule has 1 amide bonds. The normalized spacial score (nSPS) is 19.6. The molecule has 1 heterocycles. The monoisotopic (exact) mass is 417 g/mol. The van der Waals surface area contributed by atoms with E-state index in [1.54, 1.807) is 0 Å². The van der Waals surface area contributed by atoms with E-state index in [0.29, 0.717) is 5.56 Å². The van der Waals surface area contributed by atoms with E-state index >= 15 is 0 Å². The van der Waals surface area contributed by atoms with Crippen LogP contribution in [0.1, 0.15) is 55.3 Å². The Bertz CT molecular complexity index is 816. The van der Waals surface area contributed by atoms with Gasteiger partial charge >= 0.3 is 0 Å². The van der Waals surface area contributed by atoms with Gasteiger partial charge in [-0.15, -0.1) is 6.42 Å². The molecule has 0 spiro atoms. The van der Waals surface area contributed by atoms with Crippen LogP contribution in [0.5, 0.6) is 0 Å². The molecule has 1 aliphatic heterocycles. The quantitative estimate of drug-likeness (QED) is 0.668. The Labute approximate surface area is 174 Å². The van der Waals surface area contributed by atoms with Crippen LogP contribution in [-0.2, 0) is 10.0 Å². The molecule has 3 rings (SSSR count). The van der Waals surface area contributed by atoms with Crippen molar-refractivity contribution >= 4 is 15.9 Å². The molecule has 158 valence electrons. The molecule has 1 aliphatic carbocycles. The van der Waals surface area contributed by atoms with Gasteiger partial charge in [-0.3, -0.25) is 4.79 Å². The molecule has 2 fully saturated rings. The van der Waals surface area contributed by atoms with Gasteiger partial charge in [-0.05, 0) is 55.9 Å². The van der Waals surface area contributed by atoms with E-state index in [-0.39, 0.29) is 23.4 Å². The van der Waals surface area contributed by atoms with E-state index < -0.39 is 10.0 Å². The summed E-state index contributed by atoms with van der Waals surface area (Å²) in [4.78, 5) is 15.2. The maximum Gasteiger partial charge on any atom is 0.251 e. The average Bonchev–Trinajstić information content (AvgIpc) is 2.74. The Hall–Kier alpha value is -1.88. The number of carbonyl (C=O) groups is 1. The van der Waals surface area contributed by atoms with Crippen LogP contribution in [0.4, 0.5) is 0 Å². The van der Waals surface area contributed by atoms with Crippen LogP contribution in [0.15, 0.2) is 29.2 Å². The summed E-state index contributed by atoms with van der Waals surface area (Å²) in [5.74, 6) is 2.93.